The fourth-order valence-corrected chi connectivity index (χ4v) is 1.80. The van der Waals surface area contributed by atoms with Crippen LogP contribution in [0, 0.1) is 0 Å². The number of carboxylic acid groups (broad SMARTS) is 1. The van der Waals surface area contributed by atoms with Gasteiger partial charge in [0.15, 0.2) is 0 Å². The van der Waals surface area contributed by atoms with Crippen LogP contribution in [0.3, 0.4) is 0 Å². The lowest BCUT2D eigenvalue weighted by molar-refractivity contribution is -0.131. The number of primary amides is 1. The third kappa shape index (κ3) is 5.50. The topological polar surface area (TPSA) is 118 Å². The first-order valence-electron chi connectivity index (χ1n) is 3.80. The van der Waals surface area contributed by atoms with E-state index in [4.69, 9.17) is 15.9 Å². The molecule has 0 aromatic heterocycles. The van der Waals surface area contributed by atoms with Crippen molar-refractivity contribution in [2.75, 3.05) is 6.35 Å². The molecule has 0 heterocycles. The quantitative estimate of drug-likeness (QED) is 0.408. The third-order valence-electron chi connectivity index (χ3n) is 1.46. The third-order valence-corrected chi connectivity index (χ3v) is 3.00. The Morgan fingerprint density at radius 2 is 2.07 bits per heavy atom. The van der Waals surface area contributed by atoms with Crippen molar-refractivity contribution < 1.29 is 24.4 Å². The Bertz CT molecular complexity index is 275. The number of hydrogen-bond acceptors (Lipinski definition) is 4. The van der Waals surface area contributed by atoms with Gasteiger partial charge >= 0.3 is 5.97 Å². The SMILES string of the molecule is NC(=O)CC(/C=C\C(=O)O)[PH](=O)CO. The maximum Gasteiger partial charge on any atom is 0.328 e. The van der Waals surface area contributed by atoms with Crippen LogP contribution in [0.15, 0.2) is 12.2 Å². The molecule has 0 fully saturated rings. The molecule has 0 aliphatic carbocycles. The summed E-state index contributed by atoms with van der Waals surface area (Å²) in [4.78, 5) is 20.7. The number of aliphatic hydroxyl groups is 1. The highest BCUT2D eigenvalue weighted by atomic mass is 31.1. The van der Waals surface area contributed by atoms with Gasteiger partial charge in [-0.05, 0) is 0 Å². The van der Waals surface area contributed by atoms with Crippen LogP contribution >= 0.6 is 7.80 Å². The number of aliphatic carboxylic acids is 1. The molecule has 0 aliphatic heterocycles. The number of aliphatic hydroxyl groups excluding tert-OH is 1. The lowest BCUT2D eigenvalue weighted by Crippen LogP contribution is -2.17. The lowest BCUT2D eigenvalue weighted by Gasteiger charge is -2.07. The summed E-state index contributed by atoms with van der Waals surface area (Å²) in [5.74, 6) is -1.89. The summed E-state index contributed by atoms with van der Waals surface area (Å²) in [6.45, 7) is 0. The lowest BCUT2D eigenvalue weighted by atomic mass is 10.2. The van der Waals surface area contributed by atoms with Gasteiger partial charge in [0, 0.05) is 18.2 Å². The summed E-state index contributed by atoms with van der Waals surface area (Å²) in [5, 5.41) is 16.9. The van der Waals surface area contributed by atoms with E-state index in [1.807, 2.05) is 0 Å². The molecule has 0 bridgehead atoms. The van der Waals surface area contributed by atoms with Crippen LogP contribution in [-0.4, -0.2) is 34.1 Å². The number of carbonyl (C=O) groups excluding carboxylic acids is 1. The zero-order valence-corrected chi connectivity index (χ0v) is 8.34. The van der Waals surface area contributed by atoms with E-state index in [2.05, 4.69) is 0 Å². The largest absolute Gasteiger partial charge is 0.478 e. The average molecular weight is 221 g/mol. The van der Waals surface area contributed by atoms with E-state index in [-0.39, 0.29) is 6.42 Å². The van der Waals surface area contributed by atoms with E-state index < -0.39 is 31.7 Å². The van der Waals surface area contributed by atoms with Gasteiger partial charge in [-0.15, -0.1) is 0 Å². The molecule has 7 heteroatoms. The molecule has 0 radical (unpaired) electrons. The first kappa shape index (κ1) is 12.9. The number of hydrogen-bond donors (Lipinski definition) is 3. The van der Waals surface area contributed by atoms with E-state index in [9.17, 15) is 14.2 Å². The predicted octanol–water partition coefficient (Wildman–Crippen LogP) is -0.619. The Morgan fingerprint density at radius 1 is 1.50 bits per heavy atom. The number of rotatable bonds is 6. The average Bonchev–Trinajstić information content (AvgIpc) is 2.10. The first-order valence-corrected chi connectivity index (χ1v) is 5.49. The standard InChI is InChI=1S/C7H12NO5P/c8-6(10)3-5(14(13)4-9)1-2-7(11)12/h1-2,5,9,14H,3-4H2,(H2,8,10)(H,11,12)/b2-1-. The summed E-state index contributed by atoms with van der Waals surface area (Å²) >= 11 is 0. The Morgan fingerprint density at radius 3 is 2.43 bits per heavy atom. The first-order chi connectivity index (χ1) is 6.47. The summed E-state index contributed by atoms with van der Waals surface area (Å²) in [6, 6.07) is 0. The molecule has 0 spiro atoms. The zero-order chi connectivity index (χ0) is 11.1. The monoisotopic (exact) mass is 221 g/mol. The molecule has 0 saturated heterocycles. The van der Waals surface area contributed by atoms with Crippen LogP contribution in [0.4, 0.5) is 0 Å². The van der Waals surface area contributed by atoms with Crippen LogP contribution in [0.2, 0.25) is 0 Å². The summed E-state index contributed by atoms with van der Waals surface area (Å²) in [7, 11) is -2.40. The van der Waals surface area contributed by atoms with E-state index in [1.54, 1.807) is 0 Å². The minimum atomic E-state index is -2.40. The number of carbonyl (C=O) groups is 2. The van der Waals surface area contributed by atoms with Gasteiger partial charge in [0.1, 0.15) is 7.80 Å². The van der Waals surface area contributed by atoms with Crippen molar-refractivity contribution in [2.24, 2.45) is 5.73 Å². The molecule has 2 unspecified atom stereocenters. The van der Waals surface area contributed by atoms with Crippen molar-refractivity contribution in [3.63, 3.8) is 0 Å². The number of amides is 1. The smallest absolute Gasteiger partial charge is 0.328 e. The molecule has 0 aliphatic rings. The Labute approximate surface area is 81.2 Å². The summed E-state index contributed by atoms with van der Waals surface area (Å²) in [6.07, 6.45) is 1.12. The van der Waals surface area contributed by atoms with Gasteiger partial charge < -0.3 is 20.5 Å². The predicted molar refractivity (Wildman–Crippen MR) is 50.5 cm³/mol. The molecule has 4 N–H and O–H groups in total. The van der Waals surface area contributed by atoms with Gasteiger partial charge in [-0.1, -0.05) is 6.08 Å². The molecule has 1 amide bonds. The Balaban J connectivity index is 4.47. The highest BCUT2D eigenvalue weighted by molar-refractivity contribution is 7.45. The molecular weight excluding hydrogens is 209 g/mol. The molecule has 0 aromatic carbocycles. The molecule has 2 atom stereocenters. The second kappa shape index (κ2) is 6.34. The molecule has 0 aromatic rings. The maximum atomic E-state index is 11.1. The second-order valence-electron chi connectivity index (χ2n) is 2.60. The minimum Gasteiger partial charge on any atom is -0.478 e. The maximum absolute atomic E-state index is 11.1. The summed E-state index contributed by atoms with van der Waals surface area (Å²) in [5.41, 5.74) is 4.09. The van der Waals surface area contributed by atoms with Crippen LogP contribution in [-0.2, 0) is 14.2 Å². The number of allylic oxidation sites excluding steroid dienone is 1. The van der Waals surface area contributed by atoms with Gasteiger partial charge in [0.05, 0.1) is 6.35 Å². The van der Waals surface area contributed by atoms with E-state index >= 15 is 0 Å². The van der Waals surface area contributed by atoms with Crippen molar-refractivity contribution in [2.45, 2.75) is 12.1 Å². The van der Waals surface area contributed by atoms with Crippen molar-refractivity contribution in [1.29, 1.82) is 0 Å². The number of nitrogens with two attached hydrogens (primary N) is 1. The second-order valence-corrected chi connectivity index (χ2v) is 4.59. The normalized spacial score (nSPS) is 15.2. The highest BCUT2D eigenvalue weighted by Crippen LogP contribution is 2.29. The van der Waals surface area contributed by atoms with Crippen molar-refractivity contribution in [1.82, 2.24) is 0 Å². The Hall–Kier alpha value is -1.13. The van der Waals surface area contributed by atoms with Gasteiger partial charge in [-0.3, -0.25) is 4.79 Å². The van der Waals surface area contributed by atoms with Crippen molar-refractivity contribution in [3.05, 3.63) is 12.2 Å². The fourth-order valence-electron chi connectivity index (χ4n) is 0.822. The van der Waals surface area contributed by atoms with Crippen molar-refractivity contribution in [3.8, 4) is 0 Å². The zero-order valence-electron chi connectivity index (χ0n) is 7.34. The molecule has 6 nitrogen and oxygen atoms in total. The van der Waals surface area contributed by atoms with Gasteiger partial charge in [0.2, 0.25) is 5.91 Å². The Kier molecular flexibility index (Phi) is 5.83. The highest BCUT2D eigenvalue weighted by Gasteiger charge is 2.15. The molecule has 0 saturated carbocycles. The van der Waals surface area contributed by atoms with E-state index in [0.717, 1.165) is 12.2 Å². The molecule has 80 valence electrons. The molecule has 0 rings (SSSR count). The molecule has 14 heavy (non-hydrogen) atoms. The fraction of sp³-hybridized carbons (Fsp3) is 0.429. The van der Waals surface area contributed by atoms with Crippen molar-refractivity contribution >= 4 is 19.7 Å². The summed E-state index contributed by atoms with van der Waals surface area (Å²) < 4.78 is 11.1. The molecular formula is C7H12NO5P. The van der Waals surface area contributed by atoms with Crippen LogP contribution < -0.4 is 5.73 Å². The van der Waals surface area contributed by atoms with Gasteiger partial charge in [-0.2, -0.15) is 0 Å². The van der Waals surface area contributed by atoms with Gasteiger partial charge in [0.25, 0.3) is 0 Å². The minimum absolute atomic E-state index is 0.220. The van der Waals surface area contributed by atoms with Crippen LogP contribution in [0.1, 0.15) is 6.42 Å². The number of carboxylic acids is 1. The van der Waals surface area contributed by atoms with E-state index in [0.29, 0.717) is 0 Å². The van der Waals surface area contributed by atoms with Gasteiger partial charge in [-0.25, -0.2) is 4.79 Å². The van der Waals surface area contributed by atoms with E-state index in [1.165, 1.54) is 0 Å². The van der Waals surface area contributed by atoms with Crippen LogP contribution in [0.25, 0.3) is 0 Å². The van der Waals surface area contributed by atoms with Crippen LogP contribution in [0.5, 0.6) is 0 Å².